The van der Waals surface area contributed by atoms with Crippen LogP contribution in [0.3, 0.4) is 0 Å². The van der Waals surface area contributed by atoms with E-state index in [1.165, 1.54) is 43.4 Å². The average Bonchev–Trinajstić information content (AvgIpc) is 3.35. The molecule has 1 aliphatic rings. The van der Waals surface area contributed by atoms with E-state index in [-0.39, 0.29) is 11.7 Å². The van der Waals surface area contributed by atoms with Gasteiger partial charge in [0.1, 0.15) is 0 Å². The summed E-state index contributed by atoms with van der Waals surface area (Å²) >= 11 is 8.21. The summed E-state index contributed by atoms with van der Waals surface area (Å²) < 4.78 is 6.35. The first-order chi connectivity index (χ1) is 15.6. The van der Waals surface area contributed by atoms with Crippen molar-refractivity contribution >= 4 is 28.9 Å². The predicted octanol–water partition coefficient (Wildman–Crippen LogP) is 7.78. The second-order valence-corrected chi connectivity index (χ2v) is 9.81. The number of thiazole rings is 1. The molecule has 1 aromatic heterocycles. The summed E-state index contributed by atoms with van der Waals surface area (Å²) in [6.07, 6.45) is 11.0. The van der Waals surface area contributed by atoms with E-state index in [2.05, 4.69) is 4.98 Å². The first kappa shape index (κ1) is 23.0. The second kappa shape index (κ2) is 11.1. The molecule has 0 saturated heterocycles. The third-order valence-electron chi connectivity index (χ3n) is 6.24. The zero-order chi connectivity index (χ0) is 22.3. The van der Waals surface area contributed by atoms with Gasteiger partial charge in [0, 0.05) is 16.8 Å². The van der Waals surface area contributed by atoms with Gasteiger partial charge in [0.2, 0.25) is 0 Å². The number of carbonyl (C=O) groups is 1. The standard InChI is InChI=1S/C26H28ClNO3S/c27-23-13-19(9-11-22(23)20-7-4-8-21(14-20)26(29)30)16-31-24(25-15-28-17-32-25)12-10-18-5-2-1-3-6-18/h4,7-9,11,13-15,17-18,24H,1-3,5-6,10,12,16H2,(H,29,30). The number of aromatic carboxylic acids is 1. The van der Waals surface area contributed by atoms with Crippen LogP contribution in [0.5, 0.6) is 0 Å². The van der Waals surface area contributed by atoms with E-state index >= 15 is 0 Å². The van der Waals surface area contributed by atoms with Crippen LogP contribution in [-0.2, 0) is 11.3 Å². The number of hydrogen-bond acceptors (Lipinski definition) is 4. The minimum Gasteiger partial charge on any atom is -0.478 e. The molecule has 6 heteroatoms. The van der Waals surface area contributed by atoms with Crippen molar-refractivity contribution in [1.82, 2.24) is 4.98 Å². The fourth-order valence-corrected chi connectivity index (χ4v) is 5.47. The molecule has 32 heavy (non-hydrogen) atoms. The minimum atomic E-state index is -0.949. The van der Waals surface area contributed by atoms with Crippen LogP contribution in [0.1, 0.15) is 71.8 Å². The topological polar surface area (TPSA) is 59.4 Å². The van der Waals surface area contributed by atoms with Crippen LogP contribution >= 0.6 is 22.9 Å². The molecular formula is C26H28ClNO3S. The molecule has 0 spiro atoms. The normalized spacial score (nSPS) is 15.5. The van der Waals surface area contributed by atoms with Crippen LogP contribution in [0.25, 0.3) is 11.1 Å². The number of carboxylic acids is 1. The molecule has 4 rings (SSSR count). The summed E-state index contributed by atoms with van der Waals surface area (Å²) in [6, 6.07) is 12.7. The summed E-state index contributed by atoms with van der Waals surface area (Å²) in [7, 11) is 0. The van der Waals surface area contributed by atoms with Crippen molar-refractivity contribution in [3.63, 3.8) is 0 Å². The Kier molecular flexibility index (Phi) is 7.95. The maximum Gasteiger partial charge on any atom is 0.335 e. The number of hydrogen-bond donors (Lipinski definition) is 1. The van der Waals surface area contributed by atoms with Gasteiger partial charge in [0.15, 0.2) is 0 Å². The van der Waals surface area contributed by atoms with Crippen LogP contribution in [-0.4, -0.2) is 16.1 Å². The summed E-state index contributed by atoms with van der Waals surface area (Å²) in [5.41, 5.74) is 4.72. The Labute approximate surface area is 198 Å². The highest BCUT2D eigenvalue weighted by molar-refractivity contribution is 7.09. The molecule has 168 valence electrons. The first-order valence-electron chi connectivity index (χ1n) is 11.2. The highest BCUT2D eigenvalue weighted by Crippen LogP contribution is 2.34. The van der Waals surface area contributed by atoms with Crippen molar-refractivity contribution in [2.24, 2.45) is 5.92 Å². The van der Waals surface area contributed by atoms with E-state index in [4.69, 9.17) is 16.3 Å². The van der Waals surface area contributed by atoms with Crippen molar-refractivity contribution in [2.45, 2.75) is 57.7 Å². The van der Waals surface area contributed by atoms with E-state index in [0.717, 1.165) is 29.0 Å². The van der Waals surface area contributed by atoms with Gasteiger partial charge in [-0.3, -0.25) is 4.98 Å². The maximum absolute atomic E-state index is 11.3. The number of ether oxygens (including phenoxy) is 1. The summed E-state index contributed by atoms with van der Waals surface area (Å²) in [4.78, 5) is 16.7. The SMILES string of the molecule is O=C(O)c1cccc(-c2ccc(COC(CCC3CCCCC3)c3cncs3)cc2Cl)c1. The molecule has 1 saturated carbocycles. The molecule has 0 amide bonds. The third-order valence-corrected chi connectivity index (χ3v) is 7.42. The molecule has 1 atom stereocenters. The summed E-state index contributed by atoms with van der Waals surface area (Å²) in [5, 5.41) is 9.83. The lowest BCUT2D eigenvalue weighted by atomic mass is 9.85. The molecule has 0 aliphatic heterocycles. The van der Waals surface area contributed by atoms with Crippen LogP contribution in [0, 0.1) is 5.92 Å². The lowest BCUT2D eigenvalue weighted by Crippen LogP contribution is -2.10. The summed E-state index contributed by atoms with van der Waals surface area (Å²) in [5.74, 6) is -0.131. The lowest BCUT2D eigenvalue weighted by molar-refractivity contribution is 0.0306. The van der Waals surface area contributed by atoms with Gasteiger partial charge in [-0.05, 0) is 48.1 Å². The molecular weight excluding hydrogens is 442 g/mol. The number of nitrogens with zero attached hydrogens (tertiary/aromatic N) is 1. The smallest absolute Gasteiger partial charge is 0.335 e. The van der Waals surface area contributed by atoms with Gasteiger partial charge in [0.25, 0.3) is 0 Å². The van der Waals surface area contributed by atoms with Crippen molar-refractivity contribution < 1.29 is 14.6 Å². The molecule has 1 heterocycles. The molecule has 4 nitrogen and oxygen atoms in total. The number of rotatable bonds is 9. The lowest BCUT2D eigenvalue weighted by Gasteiger charge is -2.24. The fourth-order valence-electron chi connectivity index (χ4n) is 4.45. The third kappa shape index (κ3) is 5.97. The van der Waals surface area contributed by atoms with Gasteiger partial charge in [-0.1, -0.05) is 68.0 Å². The Bertz CT molecular complexity index is 1030. The number of benzene rings is 2. The minimum absolute atomic E-state index is 0.0510. The second-order valence-electron chi connectivity index (χ2n) is 8.48. The predicted molar refractivity (Wildman–Crippen MR) is 129 cm³/mol. The van der Waals surface area contributed by atoms with Crippen LogP contribution in [0.2, 0.25) is 5.02 Å². The van der Waals surface area contributed by atoms with Gasteiger partial charge in [0.05, 0.1) is 28.7 Å². The van der Waals surface area contributed by atoms with Gasteiger partial charge in [-0.25, -0.2) is 4.79 Å². The Morgan fingerprint density at radius 1 is 1.19 bits per heavy atom. The Morgan fingerprint density at radius 3 is 2.75 bits per heavy atom. The zero-order valence-electron chi connectivity index (χ0n) is 18.0. The number of halogens is 1. The van der Waals surface area contributed by atoms with Crippen LogP contribution in [0.4, 0.5) is 0 Å². The quantitative estimate of drug-likeness (QED) is 0.347. The van der Waals surface area contributed by atoms with E-state index in [1.807, 2.05) is 36.0 Å². The van der Waals surface area contributed by atoms with E-state index in [0.29, 0.717) is 11.6 Å². The molecule has 1 aliphatic carbocycles. The molecule has 0 bridgehead atoms. The highest BCUT2D eigenvalue weighted by atomic mass is 35.5. The number of carboxylic acid groups (broad SMARTS) is 1. The molecule has 1 N–H and O–H groups in total. The largest absolute Gasteiger partial charge is 0.478 e. The van der Waals surface area contributed by atoms with E-state index in [1.54, 1.807) is 29.5 Å². The van der Waals surface area contributed by atoms with Gasteiger partial charge < -0.3 is 9.84 Å². The molecule has 0 radical (unpaired) electrons. The van der Waals surface area contributed by atoms with E-state index < -0.39 is 5.97 Å². The highest BCUT2D eigenvalue weighted by Gasteiger charge is 2.19. The van der Waals surface area contributed by atoms with Crippen LogP contribution < -0.4 is 0 Å². The number of aromatic nitrogens is 1. The summed E-state index contributed by atoms with van der Waals surface area (Å²) in [6.45, 7) is 0.475. The van der Waals surface area contributed by atoms with Crippen molar-refractivity contribution in [3.8, 4) is 11.1 Å². The average molecular weight is 470 g/mol. The van der Waals surface area contributed by atoms with Gasteiger partial charge in [-0.2, -0.15) is 0 Å². The molecule has 3 aromatic rings. The fraction of sp³-hybridized carbons (Fsp3) is 0.385. The Morgan fingerprint density at radius 2 is 2.03 bits per heavy atom. The van der Waals surface area contributed by atoms with Gasteiger partial charge in [-0.15, -0.1) is 11.3 Å². The van der Waals surface area contributed by atoms with Gasteiger partial charge >= 0.3 is 5.97 Å². The molecule has 1 unspecified atom stereocenters. The molecule has 1 fully saturated rings. The van der Waals surface area contributed by atoms with Crippen molar-refractivity contribution in [1.29, 1.82) is 0 Å². The Balaban J connectivity index is 1.42. The van der Waals surface area contributed by atoms with Crippen LogP contribution in [0.15, 0.2) is 54.2 Å². The maximum atomic E-state index is 11.3. The molecule has 2 aromatic carbocycles. The Hall–Kier alpha value is -2.21. The zero-order valence-corrected chi connectivity index (χ0v) is 19.6. The van der Waals surface area contributed by atoms with E-state index in [9.17, 15) is 9.90 Å². The monoisotopic (exact) mass is 469 g/mol. The van der Waals surface area contributed by atoms with Crippen molar-refractivity contribution in [2.75, 3.05) is 0 Å². The van der Waals surface area contributed by atoms with Crippen molar-refractivity contribution in [3.05, 3.63) is 75.2 Å². The first-order valence-corrected chi connectivity index (χ1v) is 12.5.